The SMILES string of the molecule is NCc1cc(Cl)c2[nH]c(C3CC3)cc2c1. The minimum absolute atomic E-state index is 0.541. The molecule has 1 aliphatic rings. The first-order chi connectivity index (χ1) is 7.28. The summed E-state index contributed by atoms with van der Waals surface area (Å²) in [6.45, 7) is 0.541. The summed E-state index contributed by atoms with van der Waals surface area (Å²) in [5.41, 5.74) is 9.08. The van der Waals surface area contributed by atoms with E-state index < -0.39 is 0 Å². The van der Waals surface area contributed by atoms with Gasteiger partial charge in [-0.25, -0.2) is 0 Å². The number of benzene rings is 1. The number of halogens is 1. The zero-order valence-electron chi connectivity index (χ0n) is 8.39. The van der Waals surface area contributed by atoms with Crippen LogP contribution in [0.1, 0.15) is 30.0 Å². The number of aromatic nitrogens is 1. The van der Waals surface area contributed by atoms with E-state index >= 15 is 0 Å². The lowest BCUT2D eigenvalue weighted by molar-refractivity contribution is 1.06. The van der Waals surface area contributed by atoms with Crippen LogP contribution >= 0.6 is 11.6 Å². The molecule has 1 aromatic carbocycles. The highest BCUT2D eigenvalue weighted by Crippen LogP contribution is 2.41. The second-order valence-electron chi connectivity index (χ2n) is 4.24. The predicted octanol–water partition coefficient (Wildman–Crippen LogP) is 3.16. The Morgan fingerprint density at radius 3 is 2.80 bits per heavy atom. The van der Waals surface area contributed by atoms with Crippen molar-refractivity contribution in [3.63, 3.8) is 0 Å². The maximum Gasteiger partial charge on any atom is 0.0650 e. The molecule has 0 amide bonds. The van der Waals surface area contributed by atoms with Crippen LogP contribution in [0.3, 0.4) is 0 Å². The van der Waals surface area contributed by atoms with E-state index in [2.05, 4.69) is 17.1 Å². The number of fused-ring (bicyclic) bond motifs is 1. The minimum atomic E-state index is 0.541. The lowest BCUT2D eigenvalue weighted by Crippen LogP contribution is -1.95. The van der Waals surface area contributed by atoms with E-state index in [1.165, 1.54) is 23.9 Å². The van der Waals surface area contributed by atoms with E-state index in [0.29, 0.717) is 6.54 Å². The van der Waals surface area contributed by atoms with E-state index in [9.17, 15) is 0 Å². The Bertz CT molecular complexity index is 512. The summed E-state index contributed by atoms with van der Waals surface area (Å²) in [6.07, 6.45) is 2.60. The number of rotatable bonds is 2. The molecule has 1 fully saturated rings. The Balaban J connectivity index is 2.19. The van der Waals surface area contributed by atoms with E-state index in [0.717, 1.165) is 22.0 Å². The smallest absolute Gasteiger partial charge is 0.0650 e. The molecule has 0 spiro atoms. The minimum Gasteiger partial charge on any atom is -0.357 e. The van der Waals surface area contributed by atoms with Crippen molar-refractivity contribution < 1.29 is 0 Å². The topological polar surface area (TPSA) is 41.8 Å². The molecule has 0 aliphatic heterocycles. The summed E-state index contributed by atoms with van der Waals surface area (Å²) in [7, 11) is 0. The number of nitrogens with two attached hydrogens (primary N) is 1. The van der Waals surface area contributed by atoms with Crippen LogP contribution in [0.2, 0.25) is 5.02 Å². The largest absolute Gasteiger partial charge is 0.357 e. The standard InChI is InChI=1S/C12H13ClN2/c13-10-4-7(6-14)3-9-5-11(8-1-2-8)15-12(9)10/h3-5,8,15H,1-2,6,14H2. The number of hydrogen-bond acceptors (Lipinski definition) is 1. The molecule has 78 valence electrons. The third-order valence-corrected chi connectivity index (χ3v) is 3.31. The molecule has 3 N–H and O–H groups in total. The molecular weight excluding hydrogens is 208 g/mol. The molecule has 3 heteroatoms. The van der Waals surface area contributed by atoms with E-state index in [1.807, 2.05) is 6.07 Å². The zero-order valence-corrected chi connectivity index (χ0v) is 9.14. The van der Waals surface area contributed by atoms with Crippen LogP contribution in [0.5, 0.6) is 0 Å². The van der Waals surface area contributed by atoms with Gasteiger partial charge >= 0.3 is 0 Å². The van der Waals surface area contributed by atoms with E-state index in [-0.39, 0.29) is 0 Å². The Hall–Kier alpha value is -0.990. The number of aromatic amines is 1. The van der Waals surface area contributed by atoms with Crippen LogP contribution in [-0.4, -0.2) is 4.98 Å². The number of H-pyrrole nitrogens is 1. The third kappa shape index (κ3) is 1.54. The van der Waals surface area contributed by atoms with Gasteiger partial charge in [0.2, 0.25) is 0 Å². The van der Waals surface area contributed by atoms with Crippen molar-refractivity contribution in [1.29, 1.82) is 0 Å². The van der Waals surface area contributed by atoms with Crippen molar-refractivity contribution >= 4 is 22.5 Å². The van der Waals surface area contributed by atoms with Crippen molar-refractivity contribution in [3.8, 4) is 0 Å². The van der Waals surface area contributed by atoms with Gasteiger partial charge in [-0.2, -0.15) is 0 Å². The van der Waals surface area contributed by atoms with Crippen molar-refractivity contribution in [2.45, 2.75) is 25.3 Å². The van der Waals surface area contributed by atoms with Crippen LogP contribution < -0.4 is 5.73 Å². The fourth-order valence-electron chi connectivity index (χ4n) is 2.01. The first-order valence-electron chi connectivity index (χ1n) is 5.29. The van der Waals surface area contributed by atoms with Crippen LogP contribution in [0.25, 0.3) is 10.9 Å². The van der Waals surface area contributed by atoms with Gasteiger partial charge < -0.3 is 10.7 Å². The molecule has 0 atom stereocenters. The monoisotopic (exact) mass is 220 g/mol. The van der Waals surface area contributed by atoms with Crippen molar-refractivity contribution in [2.75, 3.05) is 0 Å². The molecule has 0 radical (unpaired) electrons. The molecule has 2 nitrogen and oxygen atoms in total. The van der Waals surface area contributed by atoms with Gasteiger partial charge in [0.1, 0.15) is 0 Å². The lowest BCUT2D eigenvalue weighted by atomic mass is 10.1. The van der Waals surface area contributed by atoms with Gasteiger partial charge in [-0.3, -0.25) is 0 Å². The summed E-state index contributed by atoms with van der Waals surface area (Å²) in [5, 5.41) is 1.96. The molecule has 1 aromatic heterocycles. The Morgan fingerprint density at radius 2 is 2.13 bits per heavy atom. The molecule has 0 saturated heterocycles. The highest BCUT2D eigenvalue weighted by Gasteiger charge is 2.25. The second kappa shape index (κ2) is 3.26. The normalized spacial score (nSPS) is 16.1. The van der Waals surface area contributed by atoms with Gasteiger partial charge in [0.05, 0.1) is 10.5 Å². The Labute approximate surface area is 93.4 Å². The van der Waals surface area contributed by atoms with Gasteiger partial charge in [0, 0.05) is 17.6 Å². The first-order valence-corrected chi connectivity index (χ1v) is 5.67. The molecule has 1 heterocycles. The summed E-state index contributed by atoms with van der Waals surface area (Å²) < 4.78 is 0. The van der Waals surface area contributed by atoms with Gasteiger partial charge in [-0.1, -0.05) is 11.6 Å². The average molecular weight is 221 g/mol. The van der Waals surface area contributed by atoms with Gasteiger partial charge in [-0.15, -0.1) is 0 Å². The Kier molecular flexibility index (Phi) is 2.01. The molecule has 3 rings (SSSR count). The summed E-state index contributed by atoms with van der Waals surface area (Å²) in [5.74, 6) is 0.731. The van der Waals surface area contributed by atoms with Crippen LogP contribution in [0.4, 0.5) is 0 Å². The highest BCUT2D eigenvalue weighted by atomic mass is 35.5. The predicted molar refractivity (Wildman–Crippen MR) is 63.2 cm³/mol. The van der Waals surface area contributed by atoms with Crippen LogP contribution in [0.15, 0.2) is 18.2 Å². The molecule has 15 heavy (non-hydrogen) atoms. The third-order valence-electron chi connectivity index (χ3n) is 3.01. The fourth-order valence-corrected chi connectivity index (χ4v) is 2.31. The van der Waals surface area contributed by atoms with Crippen LogP contribution in [0, 0.1) is 0 Å². The maximum absolute atomic E-state index is 6.19. The quantitative estimate of drug-likeness (QED) is 0.802. The summed E-state index contributed by atoms with van der Waals surface area (Å²) in [4.78, 5) is 3.40. The van der Waals surface area contributed by atoms with Crippen LogP contribution in [-0.2, 0) is 6.54 Å². The van der Waals surface area contributed by atoms with E-state index in [4.69, 9.17) is 17.3 Å². The van der Waals surface area contributed by atoms with Crippen molar-refractivity contribution in [3.05, 3.63) is 34.5 Å². The van der Waals surface area contributed by atoms with Crippen molar-refractivity contribution in [2.24, 2.45) is 5.73 Å². The number of hydrogen-bond donors (Lipinski definition) is 2. The van der Waals surface area contributed by atoms with E-state index in [1.54, 1.807) is 0 Å². The van der Waals surface area contributed by atoms with Gasteiger partial charge in [0.25, 0.3) is 0 Å². The average Bonchev–Trinajstić information content (AvgIpc) is 2.98. The lowest BCUT2D eigenvalue weighted by Gasteiger charge is -1.99. The highest BCUT2D eigenvalue weighted by molar-refractivity contribution is 6.35. The first kappa shape index (κ1) is 9.25. The molecule has 1 aliphatic carbocycles. The maximum atomic E-state index is 6.19. The molecule has 0 bridgehead atoms. The fraction of sp³-hybridized carbons (Fsp3) is 0.333. The second-order valence-corrected chi connectivity index (χ2v) is 4.65. The molecule has 2 aromatic rings. The van der Waals surface area contributed by atoms with Gasteiger partial charge in [-0.05, 0) is 42.5 Å². The molecule has 1 saturated carbocycles. The molecular formula is C12H13ClN2. The number of nitrogens with one attached hydrogen (secondary N) is 1. The zero-order chi connectivity index (χ0) is 10.4. The van der Waals surface area contributed by atoms with Gasteiger partial charge in [0.15, 0.2) is 0 Å². The molecule has 0 unspecified atom stereocenters. The summed E-state index contributed by atoms with van der Waals surface area (Å²) in [6, 6.07) is 6.26. The summed E-state index contributed by atoms with van der Waals surface area (Å²) >= 11 is 6.19. The Morgan fingerprint density at radius 1 is 1.33 bits per heavy atom. The van der Waals surface area contributed by atoms with Crippen molar-refractivity contribution in [1.82, 2.24) is 4.98 Å².